The first-order valence-corrected chi connectivity index (χ1v) is 8.20. The van der Waals surface area contributed by atoms with Gasteiger partial charge in [0.05, 0.1) is 5.52 Å². The van der Waals surface area contributed by atoms with Crippen LogP contribution in [0.5, 0.6) is 5.75 Å². The Morgan fingerprint density at radius 2 is 2.04 bits per heavy atom. The molecule has 1 heterocycles. The van der Waals surface area contributed by atoms with Crippen LogP contribution in [0.1, 0.15) is 18.9 Å². The Balaban J connectivity index is 1.69. The fraction of sp³-hybridized carbons (Fsp3) is 0.263. The molecule has 3 rings (SSSR count). The molecule has 0 saturated carbocycles. The molecule has 3 aromatic rings. The van der Waals surface area contributed by atoms with E-state index in [1.165, 1.54) is 0 Å². The summed E-state index contributed by atoms with van der Waals surface area (Å²) < 4.78 is 12.4. The molecule has 6 nitrogen and oxygen atoms in total. The number of amides is 1. The Morgan fingerprint density at radius 1 is 1.24 bits per heavy atom. The van der Waals surface area contributed by atoms with Crippen molar-refractivity contribution >= 4 is 22.7 Å². The summed E-state index contributed by atoms with van der Waals surface area (Å²) in [6.07, 6.45) is 0.837. The van der Waals surface area contributed by atoms with E-state index >= 15 is 0 Å². The molecule has 2 aromatic carbocycles. The van der Waals surface area contributed by atoms with Crippen LogP contribution in [-0.2, 0) is 11.3 Å². The number of nitrogens with zero attached hydrogens (tertiary/aromatic N) is 1. The van der Waals surface area contributed by atoms with Crippen molar-refractivity contribution in [3.8, 4) is 5.75 Å². The number of oxazole rings is 1. The van der Waals surface area contributed by atoms with Crippen LogP contribution in [0.15, 0.2) is 51.7 Å². The third-order valence-corrected chi connectivity index (χ3v) is 3.85. The Labute approximate surface area is 145 Å². The zero-order valence-corrected chi connectivity index (χ0v) is 14.2. The second-order valence-electron chi connectivity index (χ2n) is 5.80. The molecule has 0 fully saturated rings. The maximum absolute atomic E-state index is 12.1. The molecule has 0 unspecified atom stereocenters. The minimum absolute atomic E-state index is 0.0936. The number of aryl methyl sites for hydroxylation is 2. The molecule has 0 spiro atoms. The molecule has 0 aliphatic heterocycles. The molecule has 0 aliphatic rings. The van der Waals surface area contributed by atoms with E-state index in [0.717, 1.165) is 17.5 Å². The molecule has 1 N–H and O–H groups in total. The monoisotopic (exact) mass is 340 g/mol. The van der Waals surface area contributed by atoms with Gasteiger partial charge in [-0.05, 0) is 37.1 Å². The molecule has 0 saturated heterocycles. The first-order chi connectivity index (χ1) is 12.1. The van der Waals surface area contributed by atoms with Crippen LogP contribution < -0.4 is 15.8 Å². The predicted octanol–water partition coefficient (Wildman–Crippen LogP) is 3.33. The van der Waals surface area contributed by atoms with Crippen molar-refractivity contribution < 1.29 is 13.9 Å². The standard InChI is InChI=1S/C19H20N2O4/c1-3-10-21-15-9-8-14(11-17(15)25-19(21)23)20-18(22)12-24-16-7-5-4-6-13(16)2/h4-9,11H,3,10,12H2,1-2H3,(H,20,22). The third kappa shape index (κ3) is 3.74. The molecule has 0 atom stereocenters. The van der Waals surface area contributed by atoms with Gasteiger partial charge in [-0.1, -0.05) is 25.1 Å². The molecule has 0 bridgehead atoms. The summed E-state index contributed by atoms with van der Waals surface area (Å²) in [4.78, 5) is 23.9. The Kier molecular flexibility index (Phi) is 4.88. The van der Waals surface area contributed by atoms with Gasteiger partial charge in [0.2, 0.25) is 0 Å². The first-order valence-electron chi connectivity index (χ1n) is 8.20. The molecule has 130 valence electrons. The van der Waals surface area contributed by atoms with Gasteiger partial charge < -0.3 is 14.5 Å². The van der Waals surface area contributed by atoms with Gasteiger partial charge in [-0.3, -0.25) is 9.36 Å². The number of fused-ring (bicyclic) bond motifs is 1. The molecule has 6 heteroatoms. The minimum Gasteiger partial charge on any atom is -0.483 e. The van der Waals surface area contributed by atoms with Crippen molar-refractivity contribution in [3.05, 3.63) is 58.6 Å². The molecule has 1 amide bonds. The van der Waals surface area contributed by atoms with E-state index in [-0.39, 0.29) is 18.3 Å². The van der Waals surface area contributed by atoms with Gasteiger partial charge in [0.15, 0.2) is 12.2 Å². The maximum atomic E-state index is 12.1. The predicted molar refractivity (Wildman–Crippen MR) is 96.1 cm³/mol. The number of carbonyl (C=O) groups excluding carboxylic acids is 1. The van der Waals surface area contributed by atoms with Crippen molar-refractivity contribution in [3.63, 3.8) is 0 Å². The number of nitrogens with one attached hydrogen (secondary N) is 1. The van der Waals surface area contributed by atoms with Crippen molar-refractivity contribution in [2.24, 2.45) is 0 Å². The quantitative estimate of drug-likeness (QED) is 0.747. The van der Waals surface area contributed by atoms with E-state index in [1.54, 1.807) is 22.8 Å². The first kappa shape index (κ1) is 16.8. The lowest BCUT2D eigenvalue weighted by atomic mass is 10.2. The summed E-state index contributed by atoms with van der Waals surface area (Å²) in [7, 11) is 0. The van der Waals surface area contributed by atoms with Crippen LogP contribution >= 0.6 is 0 Å². The van der Waals surface area contributed by atoms with Gasteiger partial charge >= 0.3 is 5.76 Å². The summed E-state index contributed by atoms with van der Waals surface area (Å²) in [5, 5.41) is 2.75. The van der Waals surface area contributed by atoms with Crippen molar-refractivity contribution in [2.75, 3.05) is 11.9 Å². The van der Waals surface area contributed by atoms with Gasteiger partial charge in [0.25, 0.3) is 5.91 Å². The lowest BCUT2D eigenvalue weighted by Gasteiger charge is -2.09. The average molecular weight is 340 g/mol. The number of aromatic nitrogens is 1. The highest BCUT2D eigenvalue weighted by Gasteiger charge is 2.11. The van der Waals surface area contributed by atoms with E-state index in [4.69, 9.17) is 9.15 Å². The number of para-hydroxylation sites is 1. The zero-order chi connectivity index (χ0) is 17.8. The van der Waals surface area contributed by atoms with E-state index in [1.807, 2.05) is 38.1 Å². The van der Waals surface area contributed by atoms with Crippen LogP contribution in [0.2, 0.25) is 0 Å². The molecule has 25 heavy (non-hydrogen) atoms. The zero-order valence-electron chi connectivity index (χ0n) is 14.2. The molecular weight excluding hydrogens is 320 g/mol. The van der Waals surface area contributed by atoms with E-state index < -0.39 is 0 Å². The van der Waals surface area contributed by atoms with Crippen LogP contribution in [0.4, 0.5) is 5.69 Å². The number of hydrogen-bond acceptors (Lipinski definition) is 4. The summed E-state index contributed by atoms with van der Waals surface area (Å²) in [5.74, 6) is 0.0110. The second-order valence-corrected chi connectivity index (χ2v) is 5.80. The largest absolute Gasteiger partial charge is 0.483 e. The molecular formula is C19H20N2O4. The molecule has 0 aliphatic carbocycles. The summed E-state index contributed by atoms with van der Waals surface area (Å²) in [5.41, 5.74) is 2.70. The second kappa shape index (κ2) is 7.25. The van der Waals surface area contributed by atoms with E-state index in [9.17, 15) is 9.59 Å². The normalized spacial score (nSPS) is 10.8. The summed E-state index contributed by atoms with van der Waals surface area (Å²) in [6.45, 7) is 4.42. The van der Waals surface area contributed by atoms with E-state index in [0.29, 0.717) is 23.6 Å². The number of carbonyl (C=O) groups is 1. The number of anilines is 1. The average Bonchev–Trinajstić information content (AvgIpc) is 2.89. The van der Waals surface area contributed by atoms with Gasteiger partial charge in [-0.25, -0.2) is 4.79 Å². The minimum atomic E-state index is -0.386. The third-order valence-electron chi connectivity index (χ3n) is 3.85. The Bertz CT molecular complexity index is 955. The summed E-state index contributed by atoms with van der Waals surface area (Å²) in [6, 6.07) is 12.7. The van der Waals surface area contributed by atoms with Crippen molar-refractivity contribution in [1.29, 1.82) is 0 Å². The highest BCUT2D eigenvalue weighted by atomic mass is 16.5. The summed E-state index contributed by atoms with van der Waals surface area (Å²) >= 11 is 0. The highest BCUT2D eigenvalue weighted by Crippen LogP contribution is 2.19. The van der Waals surface area contributed by atoms with Crippen molar-refractivity contribution in [2.45, 2.75) is 26.8 Å². The van der Waals surface area contributed by atoms with Crippen LogP contribution in [-0.4, -0.2) is 17.1 Å². The maximum Gasteiger partial charge on any atom is 0.419 e. The lowest BCUT2D eigenvalue weighted by molar-refractivity contribution is -0.118. The smallest absolute Gasteiger partial charge is 0.419 e. The number of ether oxygens (including phenoxy) is 1. The van der Waals surface area contributed by atoms with Crippen LogP contribution in [0.25, 0.3) is 11.1 Å². The topological polar surface area (TPSA) is 73.5 Å². The van der Waals surface area contributed by atoms with Crippen LogP contribution in [0.3, 0.4) is 0 Å². The van der Waals surface area contributed by atoms with Crippen molar-refractivity contribution in [1.82, 2.24) is 4.57 Å². The van der Waals surface area contributed by atoms with Gasteiger partial charge in [0.1, 0.15) is 5.75 Å². The number of benzene rings is 2. The fourth-order valence-corrected chi connectivity index (χ4v) is 2.64. The van der Waals surface area contributed by atoms with Gasteiger partial charge in [-0.2, -0.15) is 0 Å². The van der Waals surface area contributed by atoms with Gasteiger partial charge in [-0.15, -0.1) is 0 Å². The van der Waals surface area contributed by atoms with Gasteiger partial charge in [0, 0.05) is 18.3 Å². The fourth-order valence-electron chi connectivity index (χ4n) is 2.64. The number of rotatable bonds is 6. The molecule has 0 radical (unpaired) electrons. The van der Waals surface area contributed by atoms with E-state index in [2.05, 4.69) is 5.32 Å². The molecule has 1 aromatic heterocycles. The van der Waals surface area contributed by atoms with Crippen LogP contribution in [0, 0.1) is 6.92 Å². The Morgan fingerprint density at radius 3 is 2.80 bits per heavy atom. The SMILES string of the molecule is CCCn1c(=O)oc2cc(NC(=O)COc3ccccc3C)ccc21. The Hall–Kier alpha value is -3.02. The number of hydrogen-bond donors (Lipinski definition) is 1. The lowest BCUT2D eigenvalue weighted by Crippen LogP contribution is -2.20. The highest BCUT2D eigenvalue weighted by molar-refractivity contribution is 5.93.